The van der Waals surface area contributed by atoms with E-state index in [0.717, 1.165) is 42.6 Å². The lowest BCUT2D eigenvalue weighted by atomic mass is 9.87. The first-order valence-electron chi connectivity index (χ1n) is 9.40. The highest BCUT2D eigenvalue weighted by Gasteiger charge is 2.38. The number of aliphatic hydroxyl groups excluding tert-OH is 1. The minimum absolute atomic E-state index is 0.0993. The third-order valence-electron chi connectivity index (χ3n) is 5.72. The zero-order valence-corrected chi connectivity index (χ0v) is 15.1. The van der Waals surface area contributed by atoms with Gasteiger partial charge in [0.15, 0.2) is 6.17 Å². The van der Waals surface area contributed by atoms with Crippen LogP contribution in [-0.4, -0.2) is 35.2 Å². The van der Waals surface area contributed by atoms with Gasteiger partial charge in [0.1, 0.15) is 5.82 Å². The van der Waals surface area contributed by atoms with Crippen molar-refractivity contribution in [3.05, 3.63) is 65.8 Å². The van der Waals surface area contributed by atoms with E-state index >= 15 is 0 Å². The van der Waals surface area contributed by atoms with Crippen molar-refractivity contribution in [2.75, 3.05) is 13.2 Å². The Labute approximate surface area is 158 Å². The Morgan fingerprint density at radius 1 is 1.26 bits per heavy atom. The third kappa shape index (κ3) is 3.37. The van der Waals surface area contributed by atoms with Gasteiger partial charge >= 0.3 is 0 Å². The summed E-state index contributed by atoms with van der Waals surface area (Å²) in [6, 6.07) is 6.23. The summed E-state index contributed by atoms with van der Waals surface area (Å²) in [6.07, 6.45) is 11.1. The Hall–Kier alpha value is -2.60. The van der Waals surface area contributed by atoms with Crippen LogP contribution in [-0.2, 0) is 4.79 Å². The van der Waals surface area contributed by atoms with E-state index < -0.39 is 6.17 Å². The number of rotatable bonds is 5. The zero-order chi connectivity index (χ0) is 18.9. The lowest BCUT2D eigenvalue weighted by Crippen LogP contribution is -2.50. The van der Waals surface area contributed by atoms with Crippen molar-refractivity contribution in [3.8, 4) is 0 Å². The summed E-state index contributed by atoms with van der Waals surface area (Å²) in [7, 11) is 0. The van der Waals surface area contributed by atoms with Crippen LogP contribution in [0.4, 0.5) is 4.39 Å². The summed E-state index contributed by atoms with van der Waals surface area (Å²) in [5.41, 5.74) is 2.31. The second-order valence-corrected chi connectivity index (χ2v) is 7.50. The van der Waals surface area contributed by atoms with Crippen LogP contribution >= 0.6 is 0 Å². The predicted octanol–water partition coefficient (Wildman–Crippen LogP) is 2.48. The molecule has 142 valence electrons. The van der Waals surface area contributed by atoms with E-state index in [-0.39, 0.29) is 23.7 Å². The molecule has 6 heteroatoms. The number of benzene rings is 1. The van der Waals surface area contributed by atoms with Gasteiger partial charge < -0.3 is 20.6 Å². The summed E-state index contributed by atoms with van der Waals surface area (Å²) in [5.74, 6) is -0.428. The van der Waals surface area contributed by atoms with Crippen LogP contribution in [0.25, 0.3) is 5.70 Å². The molecule has 3 N–H and O–H groups in total. The Morgan fingerprint density at radius 2 is 2.00 bits per heavy atom. The standard InChI is InChI=1S/C21H24FN3O2/c22-16-8-6-15(7-9-16)18-17-5-1-4-12-25(17)19(24-18)20(27)23-13-21(14-26)10-2-3-11-21/h1,4-9,12,19,24,26H,2-3,10-11,13-14H2,(H,23,27). The average Bonchev–Trinajstić information content (AvgIpc) is 3.32. The fourth-order valence-corrected chi connectivity index (χ4v) is 4.10. The Bertz CT molecular complexity index is 807. The van der Waals surface area contributed by atoms with Gasteiger partial charge in [0.25, 0.3) is 5.91 Å². The Balaban J connectivity index is 1.51. The highest BCUT2D eigenvalue weighted by Crippen LogP contribution is 2.37. The number of carbonyl (C=O) groups is 1. The van der Waals surface area contributed by atoms with Crippen LogP contribution in [0.1, 0.15) is 31.2 Å². The molecule has 1 aromatic rings. The summed E-state index contributed by atoms with van der Waals surface area (Å²) < 4.78 is 13.3. The van der Waals surface area contributed by atoms with Crippen molar-refractivity contribution >= 4 is 11.6 Å². The molecule has 0 saturated heterocycles. The second kappa shape index (κ2) is 7.19. The van der Waals surface area contributed by atoms with Gasteiger partial charge in [0.05, 0.1) is 18.0 Å². The molecule has 1 atom stereocenters. The van der Waals surface area contributed by atoms with E-state index in [1.807, 2.05) is 29.3 Å². The monoisotopic (exact) mass is 369 g/mol. The average molecular weight is 369 g/mol. The molecule has 27 heavy (non-hydrogen) atoms. The molecule has 2 aliphatic heterocycles. The molecule has 4 rings (SSSR count). The van der Waals surface area contributed by atoms with Gasteiger partial charge in [-0.25, -0.2) is 4.39 Å². The zero-order valence-electron chi connectivity index (χ0n) is 15.1. The number of aliphatic hydroxyl groups is 1. The van der Waals surface area contributed by atoms with Gasteiger partial charge in [0.2, 0.25) is 0 Å². The topological polar surface area (TPSA) is 64.6 Å². The number of nitrogens with one attached hydrogen (secondary N) is 2. The molecule has 2 heterocycles. The molecule has 1 amide bonds. The Morgan fingerprint density at radius 3 is 2.70 bits per heavy atom. The second-order valence-electron chi connectivity index (χ2n) is 7.50. The number of amides is 1. The van der Waals surface area contributed by atoms with Crippen molar-refractivity contribution < 1.29 is 14.3 Å². The van der Waals surface area contributed by atoms with Crippen molar-refractivity contribution in [3.63, 3.8) is 0 Å². The highest BCUT2D eigenvalue weighted by atomic mass is 19.1. The van der Waals surface area contributed by atoms with Crippen molar-refractivity contribution in [2.45, 2.75) is 31.8 Å². The molecule has 0 spiro atoms. The molecule has 1 saturated carbocycles. The van der Waals surface area contributed by atoms with E-state index in [0.29, 0.717) is 6.54 Å². The molecule has 1 fully saturated rings. The van der Waals surface area contributed by atoms with E-state index in [9.17, 15) is 14.3 Å². The number of hydrogen-bond acceptors (Lipinski definition) is 4. The van der Waals surface area contributed by atoms with Crippen LogP contribution in [0.2, 0.25) is 0 Å². The summed E-state index contributed by atoms with van der Waals surface area (Å²) in [4.78, 5) is 14.8. The maximum atomic E-state index is 13.3. The SMILES string of the molecule is O=C(NCC1(CO)CCCC1)C1NC(c2ccc(F)cc2)=C2C=CC=CN21. The molecular formula is C21H24FN3O2. The minimum Gasteiger partial charge on any atom is -0.396 e. The van der Waals surface area contributed by atoms with Gasteiger partial charge in [-0.2, -0.15) is 0 Å². The largest absolute Gasteiger partial charge is 0.396 e. The maximum absolute atomic E-state index is 13.3. The normalized spacial score (nSPS) is 22.7. The number of hydrogen-bond donors (Lipinski definition) is 3. The fourth-order valence-electron chi connectivity index (χ4n) is 4.10. The first-order chi connectivity index (χ1) is 13.1. The minimum atomic E-state index is -0.571. The summed E-state index contributed by atoms with van der Waals surface area (Å²) >= 11 is 0. The lowest BCUT2D eigenvalue weighted by Gasteiger charge is -2.29. The molecule has 1 unspecified atom stereocenters. The van der Waals surface area contributed by atoms with Crippen LogP contribution in [0.3, 0.4) is 0 Å². The van der Waals surface area contributed by atoms with Gasteiger partial charge in [0, 0.05) is 18.2 Å². The molecule has 1 aromatic carbocycles. The van der Waals surface area contributed by atoms with E-state index in [4.69, 9.17) is 0 Å². The highest BCUT2D eigenvalue weighted by molar-refractivity contribution is 5.87. The summed E-state index contributed by atoms with van der Waals surface area (Å²) in [6.45, 7) is 0.581. The fraction of sp³-hybridized carbons (Fsp3) is 0.381. The van der Waals surface area contributed by atoms with Crippen LogP contribution in [0.15, 0.2) is 54.4 Å². The first-order valence-corrected chi connectivity index (χ1v) is 9.40. The van der Waals surface area contributed by atoms with Crippen LogP contribution in [0.5, 0.6) is 0 Å². The molecule has 3 aliphatic rings. The smallest absolute Gasteiger partial charge is 0.263 e. The van der Waals surface area contributed by atoms with Gasteiger partial charge in [-0.3, -0.25) is 4.79 Å². The quantitative estimate of drug-likeness (QED) is 0.746. The van der Waals surface area contributed by atoms with Crippen LogP contribution < -0.4 is 10.6 Å². The van der Waals surface area contributed by atoms with Crippen molar-refractivity contribution in [2.24, 2.45) is 5.41 Å². The number of fused-ring (bicyclic) bond motifs is 1. The molecule has 1 aliphatic carbocycles. The Kier molecular flexibility index (Phi) is 4.74. The molecule has 5 nitrogen and oxygen atoms in total. The summed E-state index contributed by atoms with van der Waals surface area (Å²) in [5, 5.41) is 16.1. The van der Waals surface area contributed by atoms with E-state index in [1.54, 1.807) is 12.1 Å². The maximum Gasteiger partial charge on any atom is 0.263 e. The number of allylic oxidation sites excluding steroid dienone is 3. The van der Waals surface area contributed by atoms with Gasteiger partial charge in [-0.05, 0) is 54.8 Å². The van der Waals surface area contributed by atoms with Gasteiger partial charge in [-0.1, -0.05) is 18.9 Å². The van der Waals surface area contributed by atoms with Crippen molar-refractivity contribution in [1.29, 1.82) is 0 Å². The number of carbonyl (C=O) groups excluding carboxylic acids is 1. The molecule has 0 aromatic heterocycles. The third-order valence-corrected chi connectivity index (χ3v) is 5.72. The molecular weight excluding hydrogens is 345 g/mol. The number of nitrogens with zero attached hydrogens (tertiary/aromatic N) is 1. The number of halogens is 1. The first kappa shape index (κ1) is 17.8. The van der Waals surface area contributed by atoms with Crippen molar-refractivity contribution in [1.82, 2.24) is 15.5 Å². The van der Waals surface area contributed by atoms with Gasteiger partial charge in [-0.15, -0.1) is 0 Å². The molecule has 0 bridgehead atoms. The van der Waals surface area contributed by atoms with E-state index in [2.05, 4.69) is 10.6 Å². The van der Waals surface area contributed by atoms with E-state index in [1.165, 1.54) is 12.1 Å². The van der Waals surface area contributed by atoms with Crippen LogP contribution in [0, 0.1) is 11.2 Å². The molecule has 0 radical (unpaired) electrons. The lowest BCUT2D eigenvalue weighted by molar-refractivity contribution is -0.125. The predicted molar refractivity (Wildman–Crippen MR) is 101 cm³/mol.